The number of fused-ring (bicyclic) bond motifs is 1. The van der Waals surface area contributed by atoms with Gasteiger partial charge in [-0.1, -0.05) is 15.9 Å². The van der Waals surface area contributed by atoms with Crippen molar-refractivity contribution in [3.05, 3.63) is 57.1 Å². The Morgan fingerprint density at radius 1 is 1.32 bits per heavy atom. The monoisotopic (exact) mass is 536 g/mol. The van der Waals surface area contributed by atoms with Crippen molar-refractivity contribution >= 4 is 49.9 Å². The normalized spacial score (nSPS) is 11.9. The van der Waals surface area contributed by atoms with Gasteiger partial charge >= 0.3 is 5.69 Å². The van der Waals surface area contributed by atoms with Crippen molar-refractivity contribution in [2.45, 2.75) is 6.04 Å². The molecule has 2 aromatic carbocycles. The van der Waals surface area contributed by atoms with Crippen LogP contribution in [0.2, 0.25) is 0 Å². The van der Waals surface area contributed by atoms with E-state index in [1.54, 1.807) is 25.1 Å². The van der Waals surface area contributed by atoms with Crippen molar-refractivity contribution in [2.75, 3.05) is 39.2 Å². The molecule has 0 aliphatic heterocycles. The highest BCUT2D eigenvalue weighted by Gasteiger charge is 2.21. The number of rotatable bonds is 10. The van der Waals surface area contributed by atoms with Crippen LogP contribution in [0.3, 0.4) is 0 Å². The number of carbonyl (C=O) groups is 1. The fourth-order valence-corrected chi connectivity index (χ4v) is 3.42. The summed E-state index contributed by atoms with van der Waals surface area (Å²) in [4.78, 5) is 32.9. The first kappa shape index (κ1) is 25.2. The largest absolute Gasteiger partial charge is 0.485 e. The zero-order chi connectivity index (χ0) is 24.8. The number of halogens is 2. The van der Waals surface area contributed by atoms with Crippen LogP contribution >= 0.6 is 15.9 Å². The Labute approximate surface area is 202 Å². The Hall–Kier alpha value is -3.42. The Balaban J connectivity index is 1.80. The summed E-state index contributed by atoms with van der Waals surface area (Å²) in [5.41, 5.74) is 0.142. The van der Waals surface area contributed by atoms with Crippen molar-refractivity contribution < 1.29 is 24.0 Å². The number of benzene rings is 2. The lowest BCUT2D eigenvalue weighted by atomic mass is 10.2. The number of aliphatic hydroxyl groups excluding tert-OH is 1. The number of carbonyl (C=O) groups excluding carboxylic acids is 1. The molecule has 0 aliphatic carbocycles. The van der Waals surface area contributed by atoms with E-state index in [2.05, 4.69) is 36.5 Å². The number of anilines is 2. The van der Waals surface area contributed by atoms with Gasteiger partial charge in [-0.15, -0.1) is 0 Å². The van der Waals surface area contributed by atoms with E-state index in [1.165, 1.54) is 30.6 Å². The van der Waals surface area contributed by atoms with Crippen LogP contribution in [0.5, 0.6) is 5.75 Å². The number of likely N-dealkylation sites (N-methyl/N-ethyl adjacent to an activating group) is 1. The first-order chi connectivity index (χ1) is 16.2. The number of aliphatic hydroxyl groups is 1. The maximum atomic E-state index is 14.2. The molecule has 0 bridgehead atoms. The van der Waals surface area contributed by atoms with Gasteiger partial charge in [-0.2, -0.15) is 0 Å². The summed E-state index contributed by atoms with van der Waals surface area (Å²) in [6, 6.07) is 6.34. The van der Waals surface area contributed by atoms with Gasteiger partial charge in [-0.05, 0) is 32.3 Å². The topological polar surface area (TPSA) is 143 Å². The van der Waals surface area contributed by atoms with Gasteiger partial charge in [0, 0.05) is 16.6 Å². The number of ether oxygens (including phenoxy) is 1. The second-order valence-corrected chi connectivity index (χ2v) is 8.28. The van der Waals surface area contributed by atoms with Crippen LogP contribution in [0.25, 0.3) is 10.9 Å². The number of amides is 1. The summed E-state index contributed by atoms with van der Waals surface area (Å²) in [5, 5.41) is 26.7. The van der Waals surface area contributed by atoms with E-state index in [-0.39, 0.29) is 42.7 Å². The second-order valence-electron chi connectivity index (χ2n) is 7.37. The first-order valence-electron chi connectivity index (χ1n) is 10.0. The maximum Gasteiger partial charge on any atom is 0.311 e. The third kappa shape index (κ3) is 5.92. The zero-order valence-electron chi connectivity index (χ0n) is 18.3. The van der Waals surface area contributed by atoms with Gasteiger partial charge in [0.2, 0.25) is 5.91 Å². The highest BCUT2D eigenvalue weighted by Crippen LogP contribution is 2.35. The molecule has 1 unspecified atom stereocenters. The quantitative estimate of drug-likeness (QED) is 0.202. The second kappa shape index (κ2) is 11.1. The number of hydrogen-bond donors (Lipinski definition) is 3. The van der Waals surface area contributed by atoms with Gasteiger partial charge < -0.3 is 20.5 Å². The molecule has 180 valence electrons. The molecule has 0 spiro atoms. The number of aromatic nitrogens is 2. The first-order valence-corrected chi connectivity index (χ1v) is 10.8. The van der Waals surface area contributed by atoms with E-state index in [0.717, 1.165) is 0 Å². The van der Waals surface area contributed by atoms with Crippen LogP contribution in [0.1, 0.15) is 0 Å². The van der Waals surface area contributed by atoms with Gasteiger partial charge in [0.25, 0.3) is 0 Å². The van der Waals surface area contributed by atoms with E-state index in [1.807, 2.05) is 0 Å². The van der Waals surface area contributed by atoms with Crippen molar-refractivity contribution in [3.8, 4) is 5.75 Å². The number of hydrogen-bond acceptors (Lipinski definition) is 9. The van der Waals surface area contributed by atoms with Crippen LogP contribution < -0.4 is 15.4 Å². The van der Waals surface area contributed by atoms with Gasteiger partial charge in [-0.25, -0.2) is 14.4 Å². The number of nitrogens with zero attached hydrogens (tertiary/aromatic N) is 4. The highest BCUT2D eigenvalue weighted by molar-refractivity contribution is 9.10. The fourth-order valence-electron chi connectivity index (χ4n) is 3.08. The van der Waals surface area contributed by atoms with Crippen LogP contribution in [0, 0.1) is 15.9 Å². The summed E-state index contributed by atoms with van der Waals surface area (Å²) < 4.78 is 20.3. The lowest BCUT2D eigenvalue weighted by Gasteiger charge is -2.21. The molecule has 13 heteroatoms. The Morgan fingerprint density at radius 3 is 2.74 bits per heavy atom. The molecule has 0 aliphatic rings. The van der Waals surface area contributed by atoms with E-state index in [9.17, 15) is 24.4 Å². The predicted octanol–water partition coefficient (Wildman–Crippen LogP) is 2.60. The fraction of sp³-hybridized carbons (Fsp3) is 0.286. The van der Waals surface area contributed by atoms with Gasteiger partial charge in [0.1, 0.15) is 30.6 Å². The molecule has 0 saturated carbocycles. The van der Waals surface area contributed by atoms with E-state index < -0.39 is 22.7 Å². The number of nitro benzene ring substituents is 1. The summed E-state index contributed by atoms with van der Waals surface area (Å²) in [6.45, 7) is -0.336. The molecule has 0 saturated heterocycles. The van der Waals surface area contributed by atoms with Gasteiger partial charge in [0.15, 0.2) is 5.75 Å². The van der Waals surface area contributed by atoms with E-state index in [4.69, 9.17) is 4.74 Å². The molecule has 1 amide bonds. The third-order valence-electron chi connectivity index (χ3n) is 4.85. The van der Waals surface area contributed by atoms with Crippen molar-refractivity contribution in [2.24, 2.45) is 0 Å². The molecule has 0 fully saturated rings. The summed E-state index contributed by atoms with van der Waals surface area (Å²) in [7, 11) is 3.32. The molecule has 0 radical (unpaired) electrons. The van der Waals surface area contributed by atoms with E-state index >= 15 is 0 Å². The maximum absolute atomic E-state index is 14.2. The summed E-state index contributed by atoms with van der Waals surface area (Å²) in [5.74, 6) is -0.785. The third-order valence-corrected chi connectivity index (χ3v) is 5.35. The summed E-state index contributed by atoms with van der Waals surface area (Å²) in [6.07, 6.45) is 1.24. The molecular formula is C21H22BrFN6O5. The highest BCUT2D eigenvalue weighted by atomic mass is 79.9. The van der Waals surface area contributed by atoms with Crippen LogP contribution in [0.4, 0.5) is 21.6 Å². The Morgan fingerprint density at radius 2 is 2.09 bits per heavy atom. The minimum absolute atomic E-state index is 0.0439. The molecule has 3 N–H and O–H groups in total. The summed E-state index contributed by atoms with van der Waals surface area (Å²) >= 11 is 3.19. The molecule has 1 atom stereocenters. The minimum atomic E-state index is -0.715. The molecule has 1 heterocycles. The smallest absolute Gasteiger partial charge is 0.311 e. The average Bonchev–Trinajstić information content (AvgIpc) is 2.78. The zero-order valence-corrected chi connectivity index (χ0v) is 19.9. The molecule has 11 nitrogen and oxygen atoms in total. The van der Waals surface area contributed by atoms with Gasteiger partial charge in [0.05, 0.1) is 34.7 Å². The molecular weight excluding hydrogens is 515 g/mol. The number of nitrogens with one attached hydrogen (secondary N) is 2. The standard InChI is InChI=1S/C21H22BrFN6O5/c1-28(2)18(10-30)21(31)24-5-6-34-19-9-16-13(8-17(19)29(32)33)20(26-11-25-16)27-15-4-3-12(22)7-14(15)23/h3-4,7-9,11,18,30H,5-6,10H2,1-2H3,(H,24,31)(H,25,26,27). The van der Waals surface area contributed by atoms with Crippen LogP contribution in [0.15, 0.2) is 41.1 Å². The SMILES string of the molecule is CN(C)C(CO)C(=O)NCCOc1cc2ncnc(Nc3ccc(Br)cc3F)c2cc1[N+](=O)[O-]. The van der Waals surface area contributed by atoms with Crippen LogP contribution in [-0.4, -0.2) is 70.7 Å². The van der Waals surface area contributed by atoms with E-state index in [0.29, 0.717) is 15.4 Å². The lowest BCUT2D eigenvalue weighted by Crippen LogP contribution is -2.46. The van der Waals surface area contributed by atoms with Crippen LogP contribution in [-0.2, 0) is 4.79 Å². The van der Waals surface area contributed by atoms with Crippen molar-refractivity contribution in [3.63, 3.8) is 0 Å². The minimum Gasteiger partial charge on any atom is -0.485 e. The van der Waals surface area contributed by atoms with Crippen molar-refractivity contribution in [1.82, 2.24) is 20.2 Å². The molecule has 3 rings (SSSR count). The average molecular weight is 537 g/mol. The molecule has 1 aromatic heterocycles. The van der Waals surface area contributed by atoms with Gasteiger partial charge in [-0.3, -0.25) is 19.8 Å². The Bertz CT molecular complexity index is 1210. The number of nitro groups is 1. The Kier molecular flexibility index (Phi) is 8.26. The predicted molar refractivity (Wildman–Crippen MR) is 127 cm³/mol. The lowest BCUT2D eigenvalue weighted by molar-refractivity contribution is -0.385. The molecule has 34 heavy (non-hydrogen) atoms. The molecule has 3 aromatic rings. The van der Waals surface area contributed by atoms with Crippen molar-refractivity contribution in [1.29, 1.82) is 0 Å².